The number of benzene rings is 4. The molecule has 0 bridgehead atoms. The zero-order chi connectivity index (χ0) is 26.3. The van der Waals surface area contributed by atoms with Crippen molar-refractivity contribution in [3.8, 4) is 0 Å². The summed E-state index contributed by atoms with van der Waals surface area (Å²) in [5.41, 5.74) is 2.80. The van der Waals surface area contributed by atoms with E-state index in [4.69, 9.17) is 0 Å². The molecule has 1 aliphatic rings. The van der Waals surface area contributed by atoms with Crippen molar-refractivity contribution >= 4 is 39.9 Å². The number of rotatable bonds is 6. The smallest absolute Gasteiger partial charge is 0.282 e. The summed E-state index contributed by atoms with van der Waals surface area (Å²) in [7, 11) is 0. The quantitative estimate of drug-likeness (QED) is 0.206. The highest BCUT2D eigenvalue weighted by Crippen LogP contribution is 2.31. The fraction of sp³-hybridized carbons (Fsp3) is 0.138. The standard InChI is InChI=1S/C29H23N3O5/c1-18-13-14-24(19(2)17-18)30(27(33)21-9-3-4-12-25(21)32(36)37)15-16-31-28(34)22-10-5-7-20-8-6-11-23(26(20)22)29(31)35/h3-14,17H,15-16H2,1-2H3. The second-order valence-electron chi connectivity index (χ2n) is 8.99. The summed E-state index contributed by atoms with van der Waals surface area (Å²) in [6.45, 7) is 3.65. The normalized spacial score (nSPS) is 12.6. The summed E-state index contributed by atoms with van der Waals surface area (Å²) < 4.78 is 0. The van der Waals surface area contributed by atoms with Gasteiger partial charge in [-0.2, -0.15) is 0 Å². The number of carbonyl (C=O) groups excluding carboxylic acids is 3. The van der Waals surface area contributed by atoms with Gasteiger partial charge in [0.1, 0.15) is 5.56 Å². The highest BCUT2D eigenvalue weighted by Gasteiger charge is 2.34. The zero-order valence-electron chi connectivity index (χ0n) is 20.3. The lowest BCUT2D eigenvalue weighted by molar-refractivity contribution is -0.385. The van der Waals surface area contributed by atoms with Gasteiger partial charge in [0.25, 0.3) is 23.4 Å². The van der Waals surface area contributed by atoms with Crippen molar-refractivity contribution in [2.24, 2.45) is 0 Å². The van der Waals surface area contributed by atoms with Crippen LogP contribution in [0.1, 0.15) is 42.2 Å². The van der Waals surface area contributed by atoms with E-state index in [-0.39, 0.29) is 24.3 Å². The van der Waals surface area contributed by atoms with Crippen molar-refractivity contribution in [2.75, 3.05) is 18.0 Å². The Labute approximate surface area is 212 Å². The van der Waals surface area contributed by atoms with Crippen molar-refractivity contribution in [3.05, 3.63) is 117 Å². The van der Waals surface area contributed by atoms with E-state index < -0.39 is 22.6 Å². The first kappa shape index (κ1) is 23.9. The number of nitro groups is 1. The van der Waals surface area contributed by atoms with E-state index in [1.54, 1.807) is 36.4 Å². The largest absolute Gasteiger partial charge is 0.306 e. The summed E-state index contributed by atoms with van der Waals surface area (Å²) >= 11 is 0. The Hall–Kier alpha value is -4.85. The minimum atomic E-state index is -0.595. The van der Waals surface area contributed by atoms with Crippen LogP contribution in [0.15, 0.2) is 78.9 Å². The van der Waals surface area contributed by atoms with Crippen LogP contribution in [0, 0.1) is 24.0 Å². The lowest BCUT2D eigenvalue weighted by Crippen LogP contribution is -2.46. The molecule has 0 atom stereocenters. The number of para-hydroxylation sites is 1. The summed E-state index contributed by atoms with van der Waals surface area (Å²) in [6, 6.07) is 21.9. The maximum absolute atomic E-state index is 13.7. The number of nitrogens with zero attached hydrogens (tertiary/aromatic N) is 3. The summed E-state index contributed by atoms with van der Waals surface area (Å²) in [6.07, 6.45) is 0. The molecule has 3 amide bonds. The predicted molar refractivity (Wildman–Crippen MR) is 140 cm³/mol. The van der Waals surface area contributed by atoms with Crippen LogP contribution in [0.5, 0.6) is 0 Å². The van der Waals surface area contributed by atoms with E-state index in [0.717, 1.165) is 21.4 Å². The van der Waals surface area contributed by atoms with Crippen LogP contribution >= 0.6 is 0 Å². The van der Waals surface area contributed by atoms with Crippen LogP contribution in [0.3, 0.4) is 0 Å². The van der Waals surface area contributed by atoms with Gasteiger partial charge in [-0.15, -0.1) is 0 Å². The molecule has 0 radical (unpaired) electrons. The number of hydrogen-bond acceptors (Lipinski definition) is 5. The molecule has 0 unspecified atom stereocenters. The van der Waals surface area contributed by atoms with Crippen LogP contribution in [0.25, 0.3) is 10.8 Å². The Morgan fingerprint density at radius 3 is 2.16 bits per heavy atom. The molecule has 184 valence electrons. The molecule has 4 aromatic carbocycles. The van der Waals surface area contributed by atoms with Gasteiger partial charge in [-0.05, 0) is 49.1 Å². The number of anilines is 1. The number of carbonyl (C=O) groups is 3. The molecular weight excluding hydrogens is 470 g/mol. The number of hydrogen-bond donors (Lipinski definition) is 0. The highest BCUT2D eigenvalue weighted by molar-refractivity contribution is 6.25. The highest BCUT2D eigenvalue weighted by atomic mass is 16.6. The van der Waals surface area contributed by atoms with Gasteiger partial charge in [-0.1, -0.05) is 54.1 Å². The second kappa shape index (κ2) is 9.31. The van der Waals surface area contributed by atoms with Gasteiger partial charge in [0.2, 0.25) is 0 Å². The van der Waals surface area contributed by atoms with Crippen molar-refractivity contribution in [2.45, 2.75) is 13.8 Å². The number of amides is 3. The Bertz CT molecular complexity index is 1560. The van der Waals surface area contributed by atoms with Crippen molar-refractivity contribution in [1.29, 1.82) is 0 Å². The summed E-state index contributed by atoms with van der Waals surface area (Å²) in [5.74, 6) is -1.46. The molecule has 4 aromatic rings. The number of imide groups is 1. The number of aryl methyl sites for hydroxylation is 2. The first-order chi connectivity index (χ1) is 17.8. The molecule has 0 spiro atoms. The Balaban J connectivity index is 1.53. The Kier molecular flexibility index (Phi) is 6.01. The molecule has 0 saturated carbocycles. The maximum atomic E-state index is 13.7. The van der Waals surface area contributed by atoms with Gasteiger partial charge in [0.15, 0.2) is 0 Å². The van der Waals surface area contributed by atoms with E-state index in [9.17, 15) is 24.5 Å². The molecular formula is C29H23N3O5. The lowest BCUT2D eigenvalue weighted by atomic mass is 9.94. The first-order valence-corrected chi connectivity index (χ1v) is 11.8. The minimum absolute atomic E-state index is 0.0373. The SMILES string of the molecule is Cc1ccc(N(CCN2C(=O)c3cccc4cccc(c34)C2=O)C(=O)c2ccccc2[N+](=O)[O-])c(C)c1. The summed E-state index contributed by atoms with van der Waals surface area (Å²) in [5, 5.41) is 13.1. The average Bonchev–Trinajstić information content (AvgIpc) is 2.89. The van der Waals surface area contributed by atoms with Gasteiger partial charge in [-0.3, -0.25) is 29.4 Å². The van der Waals surface area contributed by atoms with Crippen LogP contribution in [-0.2, 0) is 0 Å². The van der Waals surface area contributed by atoms with Crippen molar-refractivity contribution < 1.29 is 19.3 Å². The third kappa shape index (κ3) is 4.12. The molecule has 0 saturated heterocycles. The summed E-state index contributed by atoms with van der Waals surface area (Å²) in [4.78, 5) is 54.0. The van der Waals surface area contributed by atoms with Crippen LogP contribution in [-0.4, -0.2) is 40.6 Å². The zero-order valence-corrected chi connectivity index (χ0v) is 20.3. The molecule has 1 heterocycles. The Morgan fingerprint density at radius 1 is 0.892 bits per heavy atom. The minimum Gasteiger partial charge on any atom is -0.306 e. The van der Waals surface area contributed by atoms with Gasteiger partial charge < -0.3 is 4.90 Å². The second-order valence-corrected chi connectivity index (χ2v) is 8.99. The third-order valence-corrected chi connectivity index (χ3v) is 6.62. The Morgan fingerprint density at radius 2 is 1.54 bits per heavy atom. The van der Waals surface area contributed by atoms with E-state index in [0.29, 0.717) is 22.2 Å². The lowest BCUT2D eigenvalue weighted by Gasteiger charge is -2.31. The molecule has 1 aliphatic heterocycles. The van der Waals surface area contributed by atoms with E-state index in [2.05, 4.69) is 0 Å². The molecule has 5 rings (SSSR count). The molecule has 0 aliphatic carbocycles. The van der Waals surface area contributed by atoms with E-state index in [1.807, 2.05) is 38.1 Å². The van der Waals surface area contributed by atoms with Gasteiger partial charge in [-0.25, -0.2) is 0 Å². The average molecular weight is 494 g/mol. The molecule has 8 heteroatoms. The van der Waals surface area contributed by atoms with Crippen molar-refractivity contribution in [3.63, 3.8) is 0 Å². The maximum Gasteiger partial charge on any atom is 0.282 e. The molecule has 0 aromatic heterocycles. The van der Waals surface area contributed by atoms with E-state index >= 15 is 0 Å². The van der Waals surface area contributed by atoms with Crippen LogP contribution in [0.4, 0.5) is 11.4 Å². The topological polar surface area (TPSA) is 101 Å². The van der Waals surface area contributed by atoms with Crippen LogP contribution < -0.4 is 4.90 Å². The molecule has 8 nitrogen and oxygen atoms in total. The van der Waals surface area contributed by atoms with Crippen LogP contribution in [0.2, 0.25) is 0 Å². The monoisotopic (exact) mass is 493 g/mol. The van der Waals surface area contributed by atoms with Crippen molar-refractivity contribution in [1.82, 2.24) is 4.90 Å². The molecule has 37 heavy (non-hydrogen) atoms. The molecule has 0 N–H and O–H groups in total. The number of nitro benzene ring substituents is 1. The van der Waals surface area contributed by atoms with Gasteiger partial charge >= 0.3 is 0 Å². The van der Waals surface area contributed by atoms with Gasteiger partial charge in [0, 0.05) is 41.4 Å². The third-order valence-electron chi connectivity index (χ3n) is 6.62. The fourth-order valence-corrected chi connectivity index (χ4v) is 4.88. The fourth-order valence-electron chi connectivity index (χ4n) is 4.88. The van der Waals surface area contributed by atoms with Gasteiger partial charge in [0.05, 0.1) is 4.92 Å². The first-order valence-electron chi connectivity index (χ1n) is 11.8. The van der Waals surface area contributed by atoms with E-state index in [1.165, 1.54) is 23.1 Å². The molecule has 0 fully saturated rings. The predicted octanol–water partition coefficient (Wildman–Crippen LogP) is 5.31.